The third kappa shape index (κ3) is 10.2. The maximum absolute atomic E-state index is 12.7. The molecule has 0 atom stereocenters. The van der Waals surface area contributed by atoms with Gasteiger partial charge in [-0.15, -0.1) is 0 Å². The van der Waals surface area contributed by atoms with Crippen molar-refractivity contribution >= 4 is 41.7 Å². The minimum atomic E-state index is -5.38. The molecule has 0 heterocycles. The Morgan fingerprint density at radius 1 is 0.564 bits per heavy atom. The zero-order valence-electron chi connectivity index (χ0n) is 20.3. The van der Waals surface area contributed by atoms with E-state index < -0.39 is 66.6 Å². The third-order valence-corrected chi connectivity index (χ3v) is 6.85. The van der Waals surface area contributed by atoms with Crippen LogP contribution in [0.3, 0.4) is 0 Å². The first-order chi connectivity index (χ1) is 16.6. The summed E-state index contributed by atoms with van der Waals surface area (Å²) in [6.45, 7) is 0. The number of benzene rings is 3. The van der Waals surface area contributed by atoms with Crippen molar-refractivity contribution in [1.82, 2.24) is 0 Å². The molecule has 0 amide bonds. The topological polar surface area (TPSA) is 255 Å². The van der Waals surface area contributed by atoms with Gasteiger partial charge in [0.15, 0.2) is 5.36 Å². The molecule has 0 fully saturated rings. The first-order valence-corrected chi connectivity index (χ1v) is 13.4. The van der Waals surface area contributed by atoms with E-state index in [9.17, 15) is 48.5 Å². The second kappa shape index (κ2) is 14.9. The predicted octanol–water partition coefficient (Wildman–Crippen LogP) is -11.1. The molecule has 0 aromatic heterocycles. The number of hydrogen-bond acceptors (Lipinski definition) is 15. The van der Waals surface area contributed by atoms with Crippen molar-refractivity contribution < 1.29 is 128 Å². The van der Waals surface area contributed by atoms with Gasteiger partial charge in [0.05, 0.1) is 21.2 Å². The summed E-state index contributed by atoms with van der Waals surface area (Å²) in [7, 11) is -14.9. The van der Waals surface area contributed by atoms with Crippen LogP contribution in [0.4, 0.5) is 11.4 Å². The normalized spacial score (nSPS) is 12.5. The number of nitrogens with zero attached hydrogens (tertiary/aromatic N) is 2. The quantitative estimate of drug-likeness (QED) is 0.141. The molecule has 0 spiro atoms. The second-order valence-corrected chi connectivity index (χ2v) is 10.9. The number of anilines is 2. The van der Waals surface area contributed by atoms with E-state index in [1.54, 1.807) is 0 Å². The Bertz CT molecular complexity index is 1890. The molecule has 0 aliphatic rings. The molecule has 3 rings (SSSR count). The van der Waals surface area contributed by atoms with Crippen molar-refractivity contribution in [2.45, 2.75) is 14.7 Å². The van der Waals surface area contributed by atoms with Crippen LogP contribution in [0.1, 0.15) is 0 Å². The van der Waals surface area contributed by atoms with E-state index in [1.807, 2.05) is 0 Å². The molecule has 0 radical (unpaired) electrons. The fourth-order valence-corrected chi connectivity index (χ4v) is 4.12. The zero-order chi connectivity index (χ0) is 26.9. The molecule has 2 N–H and O–H groups in total. The molecule has 0 unspecified atom stereocenters. The van der Waals surface area contributed by atoms with Gasteiger partial charge in [-0.3, -0.25) is 20.4 Å². The summed E-state index contributed by atoms with van der Waals surface area (Å²) in [6.07, 6.45) is 0. The number of rotatable bonds is 7. The first kappa shape index (κ1) is 38.2. The summed E-state index contributed by atoms with van der Waals surface area (Å²) in [5, 5.41) is 5.32. The van der Waals surface area contributed by atoms with Crippen molar-refractivity contribution in [3.05, 3.63) is 85.8 Å². The summed E-state index contributed by atoms with van der Waals surface area (Å²) in [5.41, 5.74) is 1.76. The molecular weight excluding hydrogens is 613 g/mol. The van der Waals surface area contributed by atoms with Crippen LogP contribution in [0.15, 0.2) is 89.1 Å². The summed E-state index contributed by atoms with van der Waals surface area (Å²) in [4.78, 5) is 22.6. The summed E-state index contributed by atoms with van der Waals surface area (Å²) >= 11 is 0. The van der Waals surface area contributed by atoms with E-state index in [0.29, 0.717) is 6.07 Å². The van der Waals surface area contributed by atoms with E-state index in [0.717, 1.165) is 48.5 Å². The van der Waals surface area contributed by atoms with Gasteiger partial charge in [0.25, 0.3) is 0 Å². The minimum Gasteiger partial charge on any atom is -0.744 e. The Labute approximate surface area is 287 Å². The molecule has 3 aromatic carbocycles. The van der Waals surface area contributed by atoms with E-state index in [4.69, 9.17) is 0 Å². The van der Waals surface area contributed by atoms with Crippen molar-refractivity contribution in [2.24, 2.45) is 10.2 Å². The molecule has 0 saturated carbocycles. The molecule has 0 aliphatic carbocycles. The Morgan fingerprint density at radius 2 is 0.949 bits per heavy atom. The van der Waals surface area contributed by atoms with Gasteiger partial charge in [0.2, 0.25) is 10.9 Å². The second-order valence-electron chi connectivity index (χ2n) is 6.76. The van der Waals surface area contributed by atoms with Gasteiger partial charge < -0.3 is 13.7 Å². The van der Waals surface area contributed by atoms with Crippen LogP contribution in [0.25, 0.3) is 0 Å². The van der Waals surface area contributed by atoms with E-state index in [-0.39, 0.29) is 100 Å². The van der Waals surface area contributed by atoms with Crippen LogP contribution >= 0.6 is 0 Å². The van der Waals surface area contributed by atoms with Crippen molar-refractivity contribution in [3.63, 3.8) is 0 Å². The predicted molar refractivity (Wildman–Crippen MR) is 116 cm³/mol. The zero-order valence-corrected chi connectivity index (χ0v) is 28.8. The molecule has 0 bridgehead atoms. The molecule has 190 valence electrons. The Morgan fingerprint density at radius 3 is 1.31 bits per heavy atom. The van der Waals surface area contributed by atoms with Crippen LogP contribution < -0.4 is 121 Å². The average Bonchev–Trinajstić information content (AvgIpc) is 2.77. The summed E-state index contributed by atoms with van der Waals surface area (Å²) in [5.74, 6) is 0. The molecule has 3 aromatic rings. The van der Waals surface area contributed by atoms with Gasteiger partial charge in [-0.05, 0) is 54.6 Å². The SMILES string of the molecule is O=c1c(S(=O)(=O)[O-])cc(=NNc2ccc(S(=O)(=O)[O-])cc2)c(=O)c1=NNc1ccc(S(=O)(=O)[O-])cc1.[Na+].[Na+].[Na+]. The van der Waals surface area contributed by atoms with Gasteiger partial charge in [0, 0.05) is 0 Å². The Balaban J connectivity index is 0.00000481. The fraction of sp³-hybridized carbons (Fsp3) is 0. The Kier molecular flexibility index (Phi) is 14.6. The van der Waals surface area contributed by atoms with Gasteiger partial charge in [-0.1, -0.05) is 0 Å². The molecule has 39 heavy (non-hydrogen) atoms. The molecule has 0 aliphatic heterocycles. The van der Waals surface area contributed by atoms with Gasteiger partial charge in [-0.25, -0.2) is 25.3 Å². The maximum atomic E-state index is 12.7. The average molecular weight is 624 g/mol. The molecule has 15 nitrogen and oxygen atoms in total. The van der Waals surface area contributed by atoms with Gasteiger partial charge in [0.1, 0.15) is 40.6 Å². The molecule has 0 saturated heterocycles. The smallest absolute Gasteiger partial charge is 0.744 e. The van der Waals surface area contributed by atoms with Crippen LogP contribution in [-0.4, -0.2) is 38.9 Å². The first-order valence-electron chi connectivity index (χ1n) is 9.14. The van der Waals surface area contributed by atoms with Gasteiger partial charge in [-0.2, -0.15) is 10.2 Å². The van der Waals surface area contributed by atoms with E-state index >= 15 is 0 Å². The van der Waals surface area contributed by atoms with Crippen LogP contribution in [0.5, 0.6) is 0 Å². The van der Waals surface area contributed by atoms with E-state index in [2.05, 4.69) is 21.1 Å². The maximum Gasteiger partial charge on any atom is 1.00 e. The number of hydrogen-bond donors (Lipinski definition) is 2. The summed E-state index contributed by atoms with van der Waals surface area (Å²) in [6, 6.07) is 8.43. The largest absolute Gasteiger partial charge is 1.00 e. The molecular formula is C18H11N4Na3O11S3. The van der Waals surface area contributed by atoms with Gasteiger partial charge >= 0.3 is 88.7 Å². The monoisotopic (exact) mass is 624 g/mol. The Hall–Kier alpha value is -0.810. The van der Waals surface area contributed by atoms with Crippen molar-refractivity contribution in [1.29, 1.82) is 0 Å². The van der Waals surface area contributed by atoms with Crippen molar-refractivity contribution in [2.75, 3.05) is 10.9 Å². The van der Waals surface area contributed by atoms with E-state index in [1.165, 1.54) is 0 Å². The van der Waals surface area contributed by atoms with Crippen molar-refractivity contribution in [3.8, 4) is 0 Å². The molecule has 21 heteroatoms. The summed E-state index contributed by atoms with van der Waals surface area (Å²) < 4.78 is 100. The van der Waals surface area contributed by atoms with Crippen LogP contribution in [0, 0.1) is 0 Å². The minimum absolute atomic E-state index is 0. The number of nitrogens with one attached hydrogen (secondary N) is 2. The fourth-order valence-electron chi connectivity index (χ4n) is 2.60. The third-order valence-electron chi connectivity index (χ3n) is 4.31. The standard InChI is InChI=1S/C18H14N4O11S3.3Na/c23-17-14(21-19-10-1-5-12(6-2-10)34(25,26)27)9-15(36(31,32)33)18(24)16(17)22-20-11-3-7-13(8-4-11)35(28,29)30;;;/h1-9,19-20H,(H,25,26,27)(H,28,29,30)(H,31,32,33);;;/q;3*+1/p-3. The van der Waals surface area contributed by atoms with Crippen LogP contribution in [0.2, 0.25) is 0 Å². The van der Waals surface area contributed by atoms with Crippen LogP contribution in [-0.2, 0) is 30.4 Å².